The smallest absolute Gasteiger partial charge is 0.247 e. The Kier molecular flexibility index (Phi) is 2.18. The minimum absolute atomic E-state index is 0.560. The summed E-state index contributed by atoms with van der Waals surface area (Å²) in [6.45, 7) is 1.78. The Labute approximate surface area is 82.0 Å². The van der Waals surface area contributed by atoms with Crippen LogP contribution in [-0.2, 0) is 0 Å². The molecule has 1 N–H and O–H groups in total. The van der Waals surface area contributed by atoms with Crippen molar-refractivity contribution in [2.24, 2.45) is 0 Å². The lowest BCUT2D eigenvalue weighted by Gasteiger charge is -1.99. The third-order valence-corrected chi connectivity index (χ3v) is 1.95. The van der Waals surface area contributed by atoms with Crippen LogP contribution in [0.2, 0.25) is 0 Å². The van der Waals surface area contributed by atoms with Gasteiger partial charge in [-0.05, 0) is 24.3 Å². The summed E-state index contributed by atoms with van der Waals surface area (Å²) < 4.78 is 5.30. The van der Waals surface area contributed by atoms with Crippen molar-refractivity contribution in [3.05, 3.63) is 30.2 Å². The highest BCUT2D eigenvalue weighted by molar-refractivity contribution is 5.57. The molecule has 0 amide bonds. The van der Waals surface area contributed by atoms with E-state index in [2.05, 4.69) is 15.5 Å². The summed E-state index contributed by atoms with van der Waals surface area (Å²) in [5, 5.41) is 10.8. The Bertz CT molecular complexity index is 419. The third kappa shape index (κ3) is 1.59. The van der Waals surface area contributed by atoms with Gasteiger partial charge in [-0.1, -0.05) is 0 Å². The molecule has 72 valence electrons. The van der Waals surface area contributed by atoms with Gasteiger partial charge in [0.25, 0.3) is 0 Å². The Morgan fingerprint density at radius 1 is 1.14 bits per heavy atom. The van der Waals surface area contributed by atoms with Crippen LogP contribution in [0.4, 0.5) is 5.69 Å². The molecule has 0 aliphatic heterocycles. The fourth-order valence-corrected chi connectivity index (χ4v) is 1.19. The molecule has 0 aliphatic rings. The number of hydrogen-bond donors (Lipinski definition) is 1. The van der Waals surface area contributed by atoms with Crippen LogP contribution < -0.4 is 5.32 Å². The van der Waals surface area contributed by atoms with Gasteiger partial charge >= 0.3 is 0 Å². The van der Waals surface area contributed by atoms with Crippen LogP contribution in [0.15, 0.2) is 28.7 Å². The molecule has 0 saturated heterocycles. The van der Waals surface area contributed by atoms with Crippen molar-refractivity contribution in [3.63, 3.8) is 0 Å². The third-order valence-electron chi connectivity index (χ3n) is 1.95. The Morgan fingerprint density at radius 2 is 1.86 bits per heavy atom. The molecule has 2 rings (SSSR count). The summed E-state index contributed by atoms with van der Waals surface area (Å²) in [7, 11) is 1.88. The van der Waals surface area contributed by atoms with E-state index in [4.69, 9.17) is 4.42 Å². The Balaban J connectivity index is 2.33. The lowest BCUT2D eigenvalue weighted by molar-refractivity contribution is 0.533. The maximum absolute atomic E-state index is 5.30. The number of anilines is 1. The quantitative estimate of drug-likeness (QED) is 0.785. The van der Waals surface area contributed by atoms with Crippen LogP contribution in [0.5, 0.6) is 0 Å². The first-order valence-electron chi connectivity index (χ1n) is 4.38. The molecule has 0 unspecified atom stereocenters. The summed E-state index contributed by atoms with van der Waals surface area (Å²) in [6.07, 6.45) is 0. The molecule has 4 heteroatoms. The fraction of sp³-hybridized carbons (Fsp3) is 0.200. The van der Waals surface area contributed by atoms with Crippen molar-refractivity contribution in [1.29, 1.82) is 0 Å². The van der Waals surface area contributed by atoms with E-state index >= 15 is 0 Å². The average molecular weight is 189 g/mol. The number of nitrogens with one attached hydrogen (secondary N) is 1. The lowest BCUT2D eigenvalue weighted by atomic mass is 10.2. The van der Waals surface area contributed by atoms with Crippen LogP contribution in [0.1, 0.15) is 5.89 Å². The minimum atomic E-state index is 0.560. The number of benzene rings is 1. The zero-order valence-corrected chi connectivity index (χ0v) is 8.11. The van der Waals surface area contributed by atoms with Crippen molar-refractivity contribution in [2.75, 3.05) is 12.4 Å². The van der Waals surface area contributed by atoms with Gasteiger partial charge in [-0.15, -0.1) is 10.2 Å². The average Bonchev–Trinajstić information content (AvgIpc) is 2.65. The molecule has 2 aromatic rings. The molecule has 0 bridgehead atoms. The molecular weight excluding hydrogens is 178 g/mol. The maximum Gasteiger partial charge on any atom is 0.247 e. The van der Waals surface area contributed by atoms with Gasteiger partial charge in [0.05, 0.1) is 0 Å². The van der Waals surface area contributed by atoms with E-state index < -0.39 is 0 Å². The second kappa shape index (κ2) is 3.49. The maximum atomic E-state index is 5.30. The zero-order chi connectivity index (χ0) is 9.97. The van der Waals surface area contributed by atoms with Crippen LogP contribution >= 0.6 is 0 Å². The SMILES string of the molecule is CNc1ccc(-c2nnc(C)o2)cc1. The molecule has 0 fully saturated rings. The Hall–Kier alpha value is -1.84. The first-order valence-corrected chi connectivity index (χ1v) is 4.38. The molecule has 4 nitrogen and oxygen atoms in total. The van der Waals surface area contributed by atoms with Crippen molar-refractivity contribution in [2.45, 2.75) is 6.92 Å². The van der Waals surface area contributed by atoms with Crippen molar-refractivity contribution in [3.8, 4) is 11.5 Å². The topological polar surface area (TPSA) is 51.0 Å². The molecule has 0 aliphatic carbocycles. The van der Waals surface area contributed by atoms with Gasteiger partial charge in [0.15, 0.2) is 0 Å². The number of rotatable bonds is 2. The van der Waals surface area contributed by atoms with Gasteiger partial charge in [-0.2, -0.15) is 0 Å². The zero-order valence-electron chi connectivity index (χ0n) is 8.11. The summed E-state index contributed by atoms with van der Waals surface area (Å²) in [5.74, 6) is 1.14. The van der Waals surface area contributed by atoms with Crippen LogP contribution in [0.3, 0.4) is 0 Å². The standard InChI is InChI=1S/C10H11N3O/c1-7-12-13-10(14-7)8-3-5-9(11-2)6-4-8/h3-6,11H,1-2H3. The molecule has 0 spiro atoms. The summed E-state index contributed by atoms with van der Waals surface area (Å²) in [6, 6.07) is 7.82. The second-order valence-electron chi connectivity index (χ2n) is 2.95. The summed E-state index contributed by atoms with van der Waals surface area (Å²) in [4.78, 5) is 0. The molecule has 0 saturated carbocycles. The van der Waals surface area contributed by atoms with E-state index in [9.17, 15) is 0 Å². The van der Waals surface area contributed by atoms with Gasteiger partial charge in [0.2, 0.25) is 11.8 Å². The van der Waals surface area contributed by atoms with Gasteiger partial charge in [0, 0.05) is 25.2 Å². The van der Waals surface area contributed by atoms with E-state index in [0.717, 1.165) is 11.3 Å². The second-order valence-corrected chi connectivity index (χ2v) is 2.95. The molecular formula is C10H11N3O. The number of nitrogens with zero attached hydrogens (tertiary/aromatic N) is 2. The molecule has 1 aromatic carbocycles. The molecule has 14 heavy (non-hydrogen) atoms. The normalized spacial score (nSPS) is 10.1. The number of hydrogen-bond acceptors (Lipinski definition) is 4. The highest BCUT2D eigenvalue weighted by atomic mass is 16.4. The number of aromatic nitrogens is 2. The van der Waals surface area contributed by atoms with E-state index in [-0.39, 0.29) is 0 Å². The molecule has 1 heterocycles. The lowest BCUT2D eigenvalue weighted by Crippen LogP contribution is -1.86. The summed E-state index contributed by atoms with van der Waals surface area (Å²) >= 11 is 0. The van der Waals surface area contributed by atoms with Crippen LogP contribution in [-0.4, -0.2) is 17.2 Å². The highest BCUT2D eigenvalue weighted by Crippen LogP contribution is 2.19. The number of aryl methyl sites for hydroxylation is 1. The van der Waals surface area contributed by atoms with Gasteiger partial charge in [0.1, 0.15) is 0 Å². The molecule has 1 aromatic heterocycles. The highest BCUT2D eigenvalue weighted by Gasteiger charge is 2.04. The van der Waals surface area contributed by atoms with E-state index in [1.807, 2.05) is 31.3 Å². The van der Waals surface area contributed by atoms with Crippen molar-refractivity contribution in [1.82, 2.24) is 10.2 Å². The largest absolute Gasteiger partial charge is 0.421 e. The summed E-state index contributed by atoms with van der Waals surface area (Å²) in [5.41, 5.74) is 1.99. The van der Waals surface area contributed by atoms with E-state index in [0.29, 0.717) is 11.8 Å². The molecule has 0 radical (unpaired) electrons. The Morgan fingerprint density at radius 3 is 2.36 bits per heavy atom. The van der Waals surface area contributed by atoms with Crippen LogP contribution in [0.25, 0.3) is 11.5 Å². The predicted octanol–water partition coefficient (Wildman–Crippen LogP) is 2.09. The predicted molar refractivity (Wildman–Crippen MR) is 54.0 cm³/mol. The monoisotopic (exact) mass is 189 g/mol. The van der Waals surface area contributed by atoms with Gasteiger partial charge in [-0.25, -0.2) is 0 Å². The van der Waals surface area contributed by atoms with Crippen molar-refractivity contribution < 1.29 is 4.42 Å². The van der Waals surface area contributed by atoms with Crippen molar-refractivity contribution >= 4 is 5.69 Å². The first-order chi connectivity index (χ1) is 6.79. The van der Waals surface area contributed by atoms with Crippen LogP contribution in [0, 0.1) is 6.92 Å². The molecule has 0 atom stereocenters. The minimum Gasteiger partial charge on any atom is -0.421 e. The van der Waals surface area contributed by atoms with E-state index in [1.54, 1.807) is 6.92 Å². The first kappa shape index (κ1) is 8.74. The van der Waals surface area contributed by atoms with E-state index in [1.165, 1.54) is 0 Å². The fourth-order valence-electron chi connectivity index (χ4n) is 1.19. The van der Waals surface area contributed by atoms with Gasteiger partial charge in [-0.3, -0.25) is 0 Å². The van der Waals surface area contributed by atoms with Gasteiger partial charge < -0.3 is 9.73 Å².